The number of carbonyl (C=O) groups excluding carboxylic acids is 4. The highest BCUT2D eigenvalue weighted by molar-refractivity contribution is 5.88. The van der Waals surface area contributed by atoms with E-state index in [1.807, 2.05) is 0 Å². The number of ketones is 1. The van der Waals surface area contributed by atoms with Crippen LogP contribution in [0.15, 0.2) is 24.3 Å². The molecule has 0 saturated heterocycles. The molecule has 0 aliphatic rings. The van der Waals surface area contributed by atoms with E-state index in [2.05, 4.69) is 21.3 Å². The molecule has 0 heterocycles. The van der Waals surface area contributed by atoms with Crippen LogP contribution in [0.2, 0.25) is 0 Å². The largest absolute Gasteiger partial charge is 0.494 e. The van der Waals surface area contributed by atoms with Gasteiger partial charge in [0.1, 0.15) is 24.2 Å². The topological polar surface area (TPSA) is 237 Å². The molecule has 1 aromatic rings. The van der Waals surface area contributed by atoms with Crippen LogP contribution >= 0.6 is 0 Å². The summed E-state index contributed by atoms with van der Waals surface area (Å²) in [4.78, 5) is 70.4. The third-order valence-corrected chi connectivity index (χ3v) is 8.90. The van der Waals surface area contributed by atoms with Gasteiger partial charge < -0.3 is 55.2 Å². The van der Waals surface area contributed by atoms with Crippen LogP contribution in [0.25, 0.3) is 0 Å². The van der Waals surface area contributed by atoms with Gasteiger partial charge in [0.25, 0.3) is 0 Å². The molecule has 0 aliphatic carbocycles. The number of benzene rings is 1. The first kappa shape index (κ1) is 51.9. The van der Waals surface area contributed by atoms with Crippen LogP contribution in [0, 0.1) is 0 Å². The minimum absolute atomic E-state index is 0.0201. The molecule has 1 rings (SSSR count). The molecule has 0 radical (unpaired) electrons. The van der Waals surface area contributed by atoms with Crippen LogP contribution < -0.4 is 26.0 Å². The molecule has 0 aliphatic heterocycles. The van der Waals surface area contributed by atoms with Crippen molar-refractivity contribution in [1.82, 2.24) is 21.3 Å². The molecule has 0 bridgehead atoms. The molecule has 3 amide bonds. The summed E-state index contributed by atoms with van der Waals surface area (Å²) in [6, 6.07) is 5.13. The lowest BCUT2D eigenvalue weighted by molar-refractivity contribution is -0.142. The van der Waals surface area contributed by atoms with Crippen LogP contribution in [-0.4, -0.2) is 137 Å². The van der Waals surface area contributed by atoms with E-state index in [1.165, 1.54) is 12.1 Å². The first-order valence-corrected chi connectivity index (χ1v) is 20.5. The molecule has 17 heteroatoms. The maximum Gasteiger partial charge on any atom is 0.335 e. The second-order valence-corrected chi connectivity index (χ2v) is 13.8. The number of carboxylic acids is 2. The Balaban J connectivity index is 1.92. The van der Waals surface area contributed by atoms with Gasteiger partial charge in [0.05, 0.1) is 51.2 Å². The van der Waals surface area contributed by atoms with Crippen molar-refractivity contribution in [2.45, 2.75) is 109 Å². The zero-order chi connectivity index (χ0) is 42.6. The number of unbranched alkanes of at least 4 members (excludes halogenated alkanes) is 7. The van der Waals surface area contributed by atoms with Crippen molar-refractivity contribution in [3.05, 3.63) is 29.8 Å². The Labute approximate surface area is 343 Å². The number of Topliss-reactive ketones (excluding diaryl/α,β-unsaturated/α-hetero) is 1. The van der Waals surface area contributed by atoms with Gasteiger partial charge in [-0.15, -0.1) is 0 Å². The van der Waals surface area contributed by atoms with E-state index in [-0.39, 0.29) is 74.1 Å². The van der Waals surface area contributed by atoms with Gasteiger partial charge in [-0.1, -0.05) is 38.2 Å². The Morgan fingerprint density at radius 3 is 1.90 bits per heavy atom. The lowest BCUT2D eigenvalue weighted by Crippen LogP contribution is -2.41. The second kappa shape index (κ2) is 34.8. The Bertz CT molecular complexity index is 1320. The van der Waals surface area contributed by atoms with Crippen LogP contribution in [0.5, 0.6) is 5.75 Å². The minimum Gasteiger partial charge on any atom is -0.494 e. The number of carboxylic acid groups (broad SMARTS) is 2. The summed E-state index contributed by atoms with van der Waals surface area (Å²) < 4.78 is 27.4. The van der Waals surface area contributed by atoms with E-state index in [0.29, 0.717) is 71.4 Å². The number of hydrogen-bond donors (Lipinski definition) is 6. The van der Waals surface area contributed by atoms with E-state index in [4.69, 9.17) is 28.8 Å². The highest BCUT2D eigenvalue weighted by atomic mass is 16.5. The number of carbonyl (C=O) groups is 6. The van der Waals surface area contributed by atoms with Gasteiger partial charge in [-0.05, 0) is 77.1 Å². The Morgan fingerprint density at radius 2 is 1.24 bits per heavy atom. The summed E-state index contributed by atoms with van der Waals surface area (Å²) in [7, 11) is 1.76. The van der Waals surface area contributed by atoms with Crippen LogP contribution in [0.3, 0.4) is 0 Å². The van der Waals surface area contributed by atoms with Crippen LogP contribution in [0.4, 0.5) is 0 Å². The Kier molecular flexibility index (Phi) is 31.2. The van der Waals surface area contributed by atoms with Gasteiger partial charge in [-0.3, -0.25) is 19.2 Å². The third-order valence-electron chi connectivity index (χ3n) is 8.90. The maximum absolute atomic E-state index is 12.3. The van der Waals surface area contributed by atoms with E-state index in [9.17, 15) is 33.9 Å². The summed E-state index contributed by atoms with van der Waals surface area (Å²) >= 11 is 0. The van der Waals surface area contributed by atoms with E-state index in [1.54, 1.807) is 26.1 Å². The molecule has 0 saturated carbocycles. The van der Waals surface area contributed by atoms with Gasteiger partial charge in [0.2, 0.25) is 17.7 Å². The van der Waals surface area contributed by atoms with Crippen molar-refractivity contribution in [3.8, 4) is 5.75 Å². The van der Waals surface area contributed by atoms with Crippen molar-refractivity contribution in [3.63, 3.8) is 0 Å². The van der Waals surface area contributed by atoms with Gasteiger partial charge in [0, 0.05) is 39.1 Å². The number of amides is 3. The lowest BCUT2D eigenvalue weighted by atomic mass is 10.1. The zero-order valence-electron chi connectivity index (χ0n) is 34.5. The normalized spacial score (nSPS) is 12.0. The summed E-state index contributed by atoms with van der Waals surface area (Å²) in [5.41, 5.74) is 0.192. The van der Waals surface area contributed by atoms with Crippen molar-refractivity contribution in [1.29, 1.82) is 0 Å². The quantitative estimate of drug-likeness (QED) is 0.0523. The smallest absolute Gasteiger partial charge is 0.335 e. The molecule has 6 N–H and O–H groups in total. The molecule has 0 aromatic heterocycles. The molecule has 2 unspecified atom stereocenters. The van der Waals surface area contributed by atoms with Crippen molar-refractivity contribution >= 4 is 35.4 Å². The predicted molar refractivity (Wildman–Crippen MR) is 216 cm³/mol. The molecular weight excluding hydrogens is 756 g/mol. The second-order valence-electron chi connectivity index (χ2n) is 13.8. The molecule has 2 atom stereocenters. The van der Waals surface area contributed by atoms with Crippen LogP contribution in [-0.2, 0) is 42.9 Å². The molecule has 0 spiro atoms. The van der Waals surface area contributed by atoms with Crippen molar-refractivity contribution in [2.75, 3.05) is 79.6 Å². The number of hydrogen-bond acceptors (Lipinski definition) is 12. The first-order valence-electron chi connectivity index (χ1n) is 20.5. The fourth-order valence-corrected chi connectivity index (χ4v) is 5.60. The SMILES string of the molecule is CNC(CCCCNC(=O)COCCOCCCOCCOCCNC(=O)CCC(NC(=O)CCCCCCCCCOc1cccc(C(=O)O)c1)C(=O)O)C(C)=O. The zero-order valence-corrected chi connectivity index (χ0v) is 34.5. The average molecular weight is 825 g/mol. The first-order chi connectivity index (χ1) is 28.0. The van der Waals surface area contributed by atoms with E-state index >= 15 is 0 Å². The number of nitrogens with one attached hydrogen (secondary N) is 4. The van der Waals surface area contributed by atoms with Gasteiger partial charge in [-0.2, -0.15) is 0 Å². The summed E-state index contributed by atoms with van der Waals surface area (Å²) in [6.45, 7) is 5.48. The van der Waals surface area contributed by atoms with Gasteiger partial charge >= 0.3 is 11.9 Å². The molecule has 17 nitrogen and oxygen atoms in total. The fraction of sp³-hybridized carbons (Fsp3) is 0.707. The summed E-state index contributed by atoms with van der Waals surface area (Å²) in [5.74, 6) is -2.39. The van der Waals surface area contributed by atoms with E-state index in [0.717, 1.165) is 57.8 Å². The number of aliphatic carboxylic acids is 1. The molecule has 0 fully saturated rings. The monoisotopic (exact) mass is 824 g/mol. The summed E-state index contributed by atoms with van der Waals surface area (Å²) in [5, 5.41) is 29.5. The standard InChI is InChI=1S/C41H68N4O13/c1-32(46)35(42-2)16-9-10-20-43-39(49)31-57-29-28-55-23-13-22-54-26-27-56-25-21-44-37(47)19-18-36(41(52)53)45-38(48)17-8-6-4-3-5-7-11-24-58-34-15-12-14-33(30-34)40(50)51/h12,14-15,30,35-36,42H,3-11,13,16-29,31H2,1-2H3,(H,43,49)(H,44,47)(H,45,48)(H,50,51)(H,52,53). The summed E-state index contributed by atoms with van der Waals surface area (Å²) in [6.07, 6.45) is 9.51. The highest BCUT2D eigenvalue weighted by Gasteiger charge is 2.21. The molecule has 330 valence electrons. The Morgan fingerprint density at radius 1 is 0.603 bits per heavy atom. The fourth-order valence-electron chi connectivity index (χ4n) is 5.60. The maximum atomic E-state index is 12.3. The highest BCUT2D eigenvalue weighted by Crippen LogP contribution is 2.15. The van der Waals surface area contributed by atoms with E-state index < -0.39 is 18.0 Å². The van der Waals surface area contributed by atoms with Crippen LogP contribution in [0.1, 0.15) is 107 Å². The Hall–Kier alpha value is -4.16. The third kappa shape index (κ3) is 29.1. The number of likely N-dealkylation sites (N-methyl/N-ethyl adjacent to an activating group) is 1. The number of ether oxygens (including phenoxy) is 5. The number of aromatic carboxylic acids is 1. The lowest BCUT2D eigenvalue weighted by Gasteiger charge is -2.14. The van der Waals surface area contributed by atoms with Crippen molar-refractivity contribution in [2.24, 2.45) is 0 Å². The van der Waals surface area contributed by atoms with Gasteiger partial charge in [0.15, 0.2) is 0 Å². The average Bonchev–Trinajstić information content (AvgIpc) is 3.19. The van der Waals surface area contributed by atoms with Crippen molar-refractivity contribution < 1.29 is 62.7 Å². The van der Waals surface area contributed by atoms with Gasteiger partial charge in [-0.25, -0.2) is 9.59 Å². The molecule has 1 aromatic carbocycles. The number of rotatable bonds is 39. The molecular formula is C41H68N4O13. The minimum atomic E-state index is -1.19. The molecule has 58 heavy (non-hydrogen) atoms. The predicted octanol–water partition coefficient (Wildman–Crippen LogP) is 3.27.